The van der Waals surface area contributed by atoms with Gasteiger partial charge in [-0.1, -0.05) is 37.3 Å². The maximum atomic E-state index is 11.6. The minimum Gasteiger partial charge on any atom is -0.444 e. The molecule has 120 valence electrons. The van der Waals surface area contributed by atoms with Crippen LogP contribution in [0.4, 0.5) is 4.79 Å². The first-order valence-electron chi connectivity index (χ1n) is 7.58. The summed E-state index contributed by atoms with van der Waals surface area (Å²) in [5.41, 5.74) is 1.24. The monoisotopic (exact) mass is 303 g/mol. The normalized spacial score (nSPS) is 11.5. The lowest BCUT2D eigenvalue weighted by Crippen LogP contribution is -2.32. The van der Waals surface area contributed by atoms with Crippen molar-refractivity contribution < 1.29 is 14.3 Å². The van der Waals surface area contributed by atoms with Gasteiger partial charge < -0.3 is 10.1 Å². The first-order chi connectivity index (χ1) is 10.3. The zero-order chi connectivity index (χ0) is 16.6. The van der Waals surface area contributed by atoms with Crippen molar-refractivity contribution in [3.8, 4) is 0 Å². The Morgan fingerprint density at radius 3 is 2.64 bits per heavy atom. The summed E-state index contributed by atoms with van der Waals surface area (Å²) >= 11 is 0. The molecular formula is C18H25NO3. The fourth-order valence-electron chi connectivity index (χ4n) is 1.81. The lowest BCUT2D eigenvalue weighted by Gasteiger charge is -2.19. The Bertz CT molecular complexity index is 542. The molecule has 0 bridgehead atoms. The van der Waals surface area contributed by atoms with E-state index in [1.54, 1.807) is 0 Å². The van der Waals surface area contributed by atoms with Crippen LogP contribution in [0, 0.1) is 0 Å². The predicted molar refractivity (Wildman–Crippen MR) is 89.0 cm³/mol. The number of rotatable bonds is 6. The quantitative estimate of drug-likeness (QED) is 0.632. The molecule has 22 heavy (non-hydrogen) atoms. The van der Waals surface area contributed by atoms with E-state index in [0.717, 1.165) is 11.1 Å². The Labute approximate surface area is 132 Å². The second-order valence-corrected chi connectivity index (χ2v) is 6.02. The van der Waals surface area contributed by atoms with Crippen molar-refractivity contribution in [2.75, 3.05) is 6.54 Å². The van der Waals surface area contributed by atoms with Crippen LogP contribution in [-0.4, -0.2) is 24.0 Å². The lowest BCUT2D eigenvalue weighted by atomic mass is 10.1. The van der Waals surface area contributed by atoms with Crippen molar-refractivity contribution in [2.24, 2.45) is 0 Å². The highest BCUT2D eigenvalue weighted by Crippen LogP contribution is 2.10. The Kier molecular flexibility index (Phi) is 6.83. The smallest absolute Gasteiger partial charge is 0.407 e. The van der Waals surface area contributed by atoms with E-state index in [9.17, 15) is 9.59 Å². The molecule has 1 N–H and O–H groups in total. The van der Waals surface area contributed by atoms with E-state index in [1.807, 2.05) is 64.1 Å². The Morgan fingerprint density at radius 1 is 1.27 bits per heavy atom. The number of ether oxygens (including phenoxy) is 1. The highest BCUT2D eigenvalue weighted by Gasteiger charge is 2.15. The average molecular weight is 303 g/mol. The molecule has 0 fully saturated rings. The number of hydrogen-bond acceptors (Lipinski definition) is 3. The summed E-state index contributed by atoms with van der Waals surface area (Å²) in [6, 6.07) is 7.53. The zero-order valence-electron chi connectivity index (χ0n) is 13.8. The van der Waals surface area contributed by atoms with Crippen molar-refractivity contribution >= 4 is 18.0 Å². The molecule has 0 spiro atoms. The summed E-state index contributed by atoms with van der Waals surface area (Å²) in [5, 5.41) is 2.70. The van der Waals surface area contributed by atoms with Gasteiger partial charge >= 0.3 is 6.09 Å². The van der Waals surface area contributed by atoms with Crippen LogP contribution >= 0.6 is 0 Å². The van der Waals surface area contributed by atoms with Gasteiger partial charge in [0.05, 0.1) is 0 Å². The molecule has 0 aromatic heterocycles. The van der Waals surface area contributed by atoms with E-state index in [4.69, 9.17) is 4.74 Å². The van der Waals surface area contributed by atoms with E-state index in [0.29, 0.717) is 19.4 Å². The van der Waals surface area contributed by atoms with E-state index in [2.05, 4.69) is 5.32 Å². The molecule has 4 heteroatoms. The zero-order valence-corrected chi connectivity index (χ0v) is 13.8. The largest absolute Gasteiger partial charge is 0.444 e. The first-order valence-corrected chi connectivity index (χ1v) is 7.58. The first kappa shape index (κ1) is 18.0. The molecule has 0 aliphatic carbocycles. The van der Waals surface area contributed by atoms with Crippen molar-refractivity contribution in [3.63, 3.8) is 0 Å². The molecule has 0 atom stereocenters. The third kappa shape index (κ3) is 7.07. The van der Waals surface area contributed by atoms with Crippen LogP contribution in [0.5, 0.6) is 0 Å². The SMILES string of the molecule is CCC(=O)c1cccc(C=CCCNC(=O)OC(C)(C)C)c1. The molecular weight excluding hydrogens is 278 g/mol. The van der Waals surface area contributed by atoms with Gasteiger partial charge in [0.25, 0.3) is 0 Å². The second kappa shape index (κ2) is 8.37. The van der Waals surface area contributed by atoms with Crippen molar-refractivity contribution in [3.05, 3.63) is 41.5 Å². The number of amides is 1. The van der Waals surface area contributed by atoms with Crippen molar-refractivity contribution in [1.29, 1.82) is 0 Å². The van der Waals surface area contributed by atoms with Crippen LogP contribution in [0.2, 0.25) is 0 Å². The third-order valence-corrected chi connectivity index (χ3v) is 2.82. The van der Waals surface area contributed by atoms with Crippen LogP contribution < -0.4 is 5.32 Å². The number of carbonyl (C=O) groups excluding carboxylic acids is 2. The number of hydrogen-bond donors (Lipinski definition) is 1. The number of Topliss-reactive ketones (excluding diaryl/α,β-unsaturated/α-hetero) is 1. The Hall–Kier alpha value is -2.10. The van der Waals surface area contributed by atoms with Gasteiger partial charge in [0.2, 0.25) is 0 Å². The van der Waals surface area contributed by atoms with Gasteiger partial charge in [0.1, 0.15) is 5.60 Å². The molecule has 0 saturated heterocycles. The molecule has 1 aromatic carbocycles. The van der Waals surface area contributed by atoms with Crippen LogP contribution in [0.1, 0.15) is 56.5 Å². The maximum absolute atomic E-state index is 11.6. The lowest BCUT2D eigenvalue weighted by molar-refractivity contribution is 0.0528. The van der Waals surface area contributed by atoms with Crippen LogP contribution in [-0.2, 0) is 4.74 Å². The van der Waals surface area contributed by atoms with Crippen molar-refractivity contribution in [2.45, 2.75) is 46.1 Å². The minimum atomic E-state index is -0.480. The molecule has 0 unspecified atom stereocenters. The maximum Gasteiger partial charge on any atom is 0.407 e. The third-order valence-electron chi connectivity index (χ3n) is 2.82. The number of benzene rings is 1. The van der Waals surface area contributed by atoms with Gasteiger partial charge in [-0.15, -0.1) is 0 Å². The number of ketones is 1. The average Bonchev–Trinajstić information content (AvgIpc) is 2.44. The minimum absolute atomic E-state index is 0.141. The standard InChI is InChI=1S/C18H25NO3/c1-5-16(20)15-11-8-10-14(13-15)9-6-7-12-19-17(21)22-18(2,3)4/h6,8-11,13H,5,7,12H2,1-4H3,(H,19,21). The summed E-state index contributed by atoms with van der Waals surface area (Å²) < 4.78 is 5.15. The van der Waals surface area contributed by atoms with E-state index in [-0.39, 0.29) is 5.78 Å². The van der Waals surface area contributed by atoms with Crippen LogP contribution in [0.25, 0.3) is 6.08 Å². The number of alkyl carbamates (subject to hydrolysis) is 1. The number of nitrogens with one attached hydrogen (secondary N) is 1. The summed E-state index contributed by atoms with van der Waals surface area (Å²) in [4.78, 5) is 23.1. The molecule has 0 radical (unpaired) electrons. The summed E-state index contributed by atoms with van der Waals surface area (Å²) in [5.74, 6) is 0.141. The highest BCUT2D eigenvalue weighted by molar-refractivity contribution is 5.96. The van der Waals surface area contributed by atoms with E-state index >= 15 is 0 Å². The summed E-state index contributed by atoms with van der Waals surface area (Å²) in [7, 11) is 0. The van der Waals surface area contributed by atoms with Gasteiger partial charge in [-0.2, -0.15) is 0 Å². The van der Waals surface area contributed by atoms with Gasteiger partial charge in [0, 0.05) is 18.5 Å². The predicted octanol–water partition coefficient (Wildman–Crippen LogP) is 4.21. The Morgan fingerprint density at radius 2 is 2.00 bits per heavy atom. The molecule has 1 amide bonds. The molecule has 4 nitrogen and oxygen atoms in total. The van der Waals surface area contributed by atoms with Crippen LogP contribution in [0.3, 0.4) is 0 Å². The van der Waals surface area contributed by atoms with Crippen molar-refractivity contribution in [1.82, 2.24) is 5.32 Å². The highest BCUT2D eigenvalue weighted by atomic mass is 16.6. The second-order valence-electron chi connectivity index (χ2n) is 6.02. The molecule has 1 rings (SSSR count). The van der Waals surface area contributed by atoms with E-state index in [1.165, 1.54) is 0 Å². The fraction of sp³-hybridized carbons (Fsp3) is 0.444. The molecule has 1 aromatic rings. The Balaban J connectivity index is 2.40. The van der Waals surface area contributed by atoms with Gasteiger partial charge in [-0.05, 0) is 38.8 Å². The molecule has 0 saturated carbocycles. The summed E-state index contributed by atoms with van der Waals surface area (Å²) in [6.45, 7) is 7.86. The fourth-order valence-corrected chi connectivity index (χ4v) is 1.81. The molecule has 0 aliphatic rings. The molecule has 0 aliphatic heterocycles. The van der Waals surface area contributed by atoms with Crippen LogP contribution in [0.15, 0.2) is 30.3 Å². The van der Waals surface area contributed by atoms with E-state index < -0.39 is 11.7 Å². The topological polar surface area (TPSA) is 55.4 Å². The molecule has 0 heterocycles. The summed E-state index contributed by atoms with van der Waals surface area (Å²) in [6.07, 6.45) is 4.71. The van der Waals surface area contributed by atoms with Gasteiger partial charge in [-0.3, -0.25) is 4.79 Å². The van der Waals surface area contributed by atoms with Gasteiger partial charge in [-0.25, -0.2) is 4.79 Å². The van der Waals surface area contributed by atoms with Gasteiger partial charge in [0.15, 0.2) is 5.78 Å². The number of carbonyl (C=O) groups is 2.